The molecule has 1 heterocycles. The lowest BCUT2D eigenvalue weighted by molar-refractivity contribution is 0.0731. The lowest BCUT2D eigenvalue weighted by atomic mass is 10.2. The molecule has 0 N–H and O–H groups in total. The molecule has 0 unspecified atom stereocenters. The Morgan fingerprint density at radius 3 is 2.25 bits per heavy atom. The molecular formula is C20H22ClNO5S. The van der Waals surface area contributed by atoms with Gasteiger partial charge in [-0.3, -0.25) is 0 Å². The number of benzene rings is 2. The highest BCUT2D eigenvalue weighted by Gasteiger charge is 2.27. The van der Waals surface area contributed by atoms with Gasteiger partial charge in [-0.1, -0.05) is 24.4 Å². The minimum Gasteiger partial charge on any atom is -0.496 e. The second-order valence-electron chi connectivity index (χ2n) is 6.52. The van der Waals surface area contributed by atoms with Crippen LogP contribution in [0.5, 0.6) is 11.5 Å². The van der Waals surface area contributed by atoms with Crippen molar-refractivity contribution in [1.29, 1.82) is 0 Å². The molecule has 0 saturated carbocycles. The zero-order valence-electron chi connectivity index (χ0n) is 15.6. The van der Waals surface area contributed by atoms with Gasteiger partial charge >= 0.3 is 5.97 Å². The van der Waals surface area contributed by atoms with Crippen molar-refractivity contribution >= 4 is 27.6 Å². The first kappa shape index (κ1) is 20.6. The third kappa shape index (κ3) is 4.66. The van der Waals surface area contributed by atoms with Crippen LogP contribution in [-0.2, 0) is 10.0 Å². The predicted molar refractivity (Wildman–Crippen MR) is 107 cm³/mol. The van der Waals surface area contributed by atoms with E-state index in [2.05, 4.69) is 0 Å². The Morgan fingerprint density at radius 2 is 1.64 bits per heavy atom. The van der Waals surface area contributed by atoms with Crippen molar-refractivity contribution in [3.8, 4) is 11.5 Å². The summed E-state index contributed by atoms with van der Waals surface area (Å²) < 4.78 is 38.1. The van der Waals surface area contributed by atoms with Gasteiger partial charge in [0.1, 0.15) is 17.1 Å². The fourth-order valence-corrected chi connectivity index (χ4v) is 4.77. The Kier molecular flexibility index (Phi) is 6.59. The molecule has 3 rings (SSSR count). The van der Waals surface area contributed by atoms with Gasteiger partial charge in [-0.15, -0.1) is 0 Å². The van der Waals surface area contributed by atoms with Crippen molar-refractivity contribution < 1.29 is 22.7 Å². The lowest BCUT2D eigenvalue weighted by Crippen LogP contribution is -2.32. The number of halogens is 1. The maximum absolute atomic E-state index is 13.0. The van der Waals surface area contributed by atoms with Gasteiger partial charge in [-0.2, -0.15) is 4.31 Å². The van der Waals surface area contributed by atoms with E-state index < -0.39 is 16.0 Å². The van der Waals surface area contributed by atoms with Crippen LogP contribution >= 0.6 is 11.6 Å². The molecule has 1 aliphatic heterocycles. The van der Waals surface area contributed by atoms with Gasteiger partial charge < -0.3 is 9.47 Å². The summed E-state index contributed by atoms with van der Waals surface area (Å²) in [4.78, 5) is 12.7. The van der Waals surface area contributed by atoms with Crippen molar-refractivity contribution in [2.45, 2.75) is 30.6 Å². The SMILES string of the molecule is COc1ccc(S(=O)(=O)N2CCCCCC2)cc1C(=O)Oc1ccc(Cl)cc1. The molecular weight excluding hydrogens is 402 g/mol. The van der Waals surface area contributed by atoms with Crippen molar-refractivity contribution in [3.05, 3.63) is 53.1 Å². The summed E-state index contributed by atoms with van der Waals surface area (Å²) in [7, 11) is -2.28. The summed E-state index contributed by atoms with van der Waals surface area (Å²) in [5.41, 5.74) is 0.0494. The first-order chi connectivity index (χ1) is 13.4. The average molecular weight is 424 g/mol. The van der Waals surface area contributed by atoms with E-state index in [9.17, 15) is 13.2 Å². The molecule has 0 aliphatic carbocycles. The summed E-state index contributed by atoms with van der Waals surface area (Å²) in [6, 6.07) is 10.6. The quantitative estimate of drug-likeness (QED) is 0.534. The normalized spacial score (nSPS) is 15.6. The zero-order valence-corrected chi connectivity index (χ0v) is 17.1. The van der Waals surface area contributed by atoms with Crippen molar-refractivity contribution in [2.24, 2.45) is 0 Å². The van der Waals surface area contributed by atoms with Crippen LogP contribution in [0.25, 0.3) is 0 Å². The summed E-state index contributed by atoms with van der Waals surface area (Å²) in [6.07, 6.45) is 3.71. The van der Waals surface area contributed by atoms with E-state index in [0.29, 0.717) is 23.9 Å². The highest BCUT2D eigenvalue weighted by atomic mass is 35.5. The highest BCUT2D eigenvalue weighted by Crippen LogP contribution is 2.27. The molecule has 2 aromatic rings. The third-order valence-electron chi connectivity index (χ3n) is 4.62. The molecule has 0 aromatic heterocycles. The van der Waals surface area contributed by atoms with Crippen LogP contribution in [0.15, 0.2) is 47.4 Å². The average Bonchev–Trinajstić information content (AvgIpc) is 2.99. The number of sulfonamides is 1. The van der Waals surface area contributed by atoms with Crippen molar-refractivity contribution in [1.82, 2.24) is 4.31 Å². The van der Waals surface area contributed by atoms with Crippen LogP contribution in [0.4, 0.5) is 0 Å². The summed E-state index contributed by atoms with van der Waals surface area (Å²) in [6.45, 7) is 0.970. The van der Waals surface area contributed by atoms with Gasteiger partial charge in [0.05, 0.1) is 12.0 Å². The Balaban J connectivity index is 1.90. The molecule has 1 saturated heterocycles. The van der Waals surface area contributed by atoms with Gasteiger partial charge in [-0.05, 0) is 55.3 Å². The second kappa shape index (κ2) is 8.94. The monoisotopic (exact) mass is 423 g/mol. The van der Waals surface area contributed by atoms with Crippen LogP contribution in [0.2, 0.25) is 5.02 Å². The highest BCUT2D eigenvalue weighted by molar-refractivity contribution is 7.89. The zero-order chi connectivity index (χ0) is 20.1. The lowest BCUT2D eigenvalue weighted by Gasteiger charge is -2.20. The first-order valence-electron chi connectivity index (χ1n) is 9.08. The van der Waals surface area contributed by atoms with Crippen LogP contribution < -0.4 is 9.47 Å². The van der Waals surface area contributed by atoms with Crippen LogP contribution in [0.1, 0.15) is 36.0 Å². The van der Waals surface area contributed by atoms with Crippen molar-refractivity contribution in [3.63, 3.8) is 0 Å². The number of hydrogen-bond acceptors (Lipinski definition) is 5. The van der Waals surface area contributed by atoms with E-state index in [0.717, 1.165) is 25.7 Å². The Labute approximate surface area is 170 Å². The Morgan fingerprint density at radius 1 is 1.00 bits per heavy atom. The molecule has 0 radical (unpaired) electrons. The second-order valence-corrected chi connectivity index (χ2v) is 8.90. The maximum Gasteiger partial charge on any atom is 0.347 e. The van der Waals surface area contributed by atoms with E-state index in [1.807, 2.05) is 0 Å². The molecule has 1 fully saturated rings. The molecule has 28 heavy (non-hydrogen) atoms. The van der Waals surface area contributed by atoms with Gasteiger partial charge in [0, 0.05) is 18.1 Å². The van der Waals surface area contributed by atoms with Crippen LogP contribution in [0, 0.1) is 0 Å². The third-order valence-corrected chi connectivity index (χ3v) is 6.76. The van der Waals surface area contributed by atoms with E-state index >= 15 is 0 Å². The minimum atomic E-state index is -3.69. The Hall–Kier alpha value is -2.09. The number of methoxy groups -OCH3 is 1. The number of ether oxygens (including phenoxy) is 2. The molecule has 8 heteroatoms. The summed E-state index contributed by atoms with van der Waals surface area (Å²) >= 11 is 5.84. The smallest absolute Gasteiger partial charge is 0.347 e. The van der Waals surface area contributed by atoms with E-state index in [1.54, 1.807) is 24.3 Å². The number of carbonyl (C=O) groups excluding carboxylic acids is 1. The minimum absolute atomic E-state index is 0.0494. The topological polar surface area (TPSA) is 72.9 Å². The van der Waals surface area contributed by atoms with Gasteiger partial charge in [0.25, 0.3) is 0 Å². The molecule has 0 amide bonds. The van der Waals surface area contributed by atoms with Gasteiger partial charge in [-0.25, -0.2) is 13.2 Å². The first-order valence-corrected chi connectivity index (χ1v) is 10.9. The Bertz CT molecular complexity index is 936. The fraction of sp³-hybridized carbons (Fsp3) is 0.350. The molecule has 1 aliphatic rings. The van der Waals surface area contributed by atoms with E-state index in [1.165, 1.54) is 29.6 Å². The van der Waals surface area contributed by atoms with Crippen LogP contribution in [-0.4, -0.2) is 38.9 Å². The number of esters is 1. The summed E-state index contributed by atoms with van der Waals surface area (Å²) in [5.74, 6) is -0.155. The van der Waals surface area contributed by atoms with Gasteiger partial charge in [0.15, 0.2) is 0 Å². The molecule has 0 bridgehead atoms. The largest absolute Gasteiger partial charge is 0.496 e. The maximum atomic E-state index is 13.0. The summed E-state index contributed by atoms with van der Waals surface area (Å²) in [5, 5.41) is 0.517. The number of rotatable bonds is 5. The molecule has 150 valence electrons. The predicted octanol–water partition coefficient (Wildman–Crippen LogP) is 4.13. The number of nitrogens with zero attached hydrogens (tertiary/aromatic N) is 1. The van der Waals surface area contributed by atoms with Crippen molar-refractivity contribution in [2.75, 3.05) is 20.2 Å². The fourth-order valence-electron chi connectivity index (χ4n) is 3.10. The standard InChI is InChI=1S/C20H22ClNO5S/c1-26-19-11-10-17(28(24,25)22-12-4-2-3-5-13-22)14-18(19)20(23)27-16-8-6-15(21)7-9-16/h6-11,14H,2-5,12-13H2,1H3. The van der Waals surface area contributed by atoms with E-state index in [-0.39, 0.29) is 16.2 Å². The van der Waals surface area contributed by atoms with Crippen LogP contribution in [0.3, 0.4) is 0 Å². The number of hydrogen-bond donors (Lipinski definition) is 0. The molecule has 2 aromatic carbocycles. The molecule has 0 spiro atoms. The molecule has 0 atom stereocenters. The molecule has 6 nitrogen and oxygen atoms in total. The van der Waals surface area contributed by atoms with E-state index in [4.69, 9.17) is 21.1 Å². The van der Waals surface area contributed by atoms with Gasteiger partial charge in [0.2, 0.25) is 10.0 Å². The number of carbonyl (C=O) groups is 1.